The molecule has 100 valence electrons. The van der Waals surface area contributed by atoms with Crippen LogP contribution in [0.1, 0.15) is 25.8 Å². The van der Waals surface area contributed by atoms with E-state index in [2.05, 4.69) is 22.4 Å². The van der Waals surface area contributed by atoms with Gasteiger partial charge in [0.25, 0.3) is 0 Å². The first-order chi connectivity index (χ1) is 9.24. The molecule has 1 aromatic heterocycles. The van der Waals surface area contributed by atoms with Crippen molar-refractivity contribution in [2.75, 3.05) is 12.8 Å². The summed E-state index contributed by atoms with van der Waals surface area (Å²) >= 11 is 0. The largest absolute Gasteiger partial charge is 0.495 e. The number of nitrogen functional groups attached to an aromatic ring is 1. The number of aromatic nitrogens is 4. The van der Waals surface area contributed by atoms with Crippen molar-refractivity contribution < 1.29 is 4.74 Å². The fourth-order valence-electron chi connectivity index (χ4n) is 2.43. The molecular weight excluding hydrogens is 242 g/mol. The Hall–Kier alpha value is -2.11. The van der Waals surface area contributed by atoms with Crippen LogP contribution >= 0.6 is 0 Å². The summed E-state index contributed by atoms with van der Waals surface area (Å²) in [6, 6.07) is 6.04. The number of hydrogen-bond donors (Lipinski definition) is 1. The zero-order valence-electron chi connectivity index (χ0n) is 11.1. The molecule has 6 nitrogen and oxygen atoms in total. The summed E-state index contributed by atoms with van der Waals surface area (Å²) in [5.41, 5.74) is 7.37. The predicted molar refractivity (Wildman–Crippen MR) is 71.7 cm³/mol. The quantitative estimate of drug-likeness (QED) is 0.848. The lowest BCUT2D eigenvalue weighted by Crippen LogP contribution is -2.02. The molecule has 6 heteroatoms. The molecule has 0 saturated heterocycles. The molecule has 19 heavy (non-hydrogen) atoms. The summed E-state index contributed by atoms with van der Waals surface area (Å²) in [6.45, 7) is 2.20. The van der Waals surface area contributed by atoms with E-state index in [1.807, 2.05) is 22.9 Å². The zero-order valence-corrected chi connectivity index (χ0v) is 11.1. The molecule has 3 rings (SSSR count). The van der Waals surface area contributed by atoms with Crippen LogP contribution in [0.3, 0.4) is 0 Å². The van der Waals surface area contributed by atoms with Gasteiger partial charge in [-0.3, -0.25) is 0 Å². The highest BCUT2D eigenvalue weighted by molar-refractivity contribution is 5.65. The van der Waals surface area contributed by atoms with E-state index in [4.69, 9.17) is 10.5 Å². The van der Waals surface area contributed by atoms with Gasteiger partial charge >= 0.3 is 0 Å². The van der Waals surface area contributed by atoms with Crippen LogP contribution in [-0.4, -0.2) is 27.3 Å². The second-order valence-corrected chi connectivity index (χ2v) is 4.88. The molecule has 1 fully saturated rings. The second kappa shape index (κ2) is 4.53. The topological polar surface area (TPSA) is 78.9 Å². The minimum atomic E-state index is 0.429. The third kappa shape index (κ3) is 2.03. The smallest absolute Gasteiger partial charge is 0.182 e. The predicted octanol–water partition coefficient (Wildman–Crippen LogP) is 1.90. The Morgan fingerprint density at radius 2 is 2.32 bits per heavy atom. The van der Waals surface area contributed by atoms with Gasteiger partial charge in [0, 0.05) is 5.56 Å². The van der Waals surface area contributed by atoms with E-state index in [0.717, 1.165) is 24.2 Å². The highest BCUT2D eigenvalue weighted by Gasteiger charge is 2.39. The van der Waals surface area contributed by atoms with Crippen molar-refractivity contribution in [3.05, 3.63) is 18.2 Å². The van der Waals surface area contributed by atoms with Gasteiger partial charge in [-0.2, -0.15) is 0 Å². The lowest BCUT2D eigenvalue weighted by molar-refractivity contribution is 0.417. The maximum atomic E-state index is 5.82. The number of anilines is 1. The Bertz CT molecular complexity index is 594. The van der Waals surface area contributed by atoms with Crippen LogP contribution in [0.2, 0.25) is 0 Å². The lowest BCUT2D eigenvalue weighted by atomic mass is 10.2. The number of tetrazole rings is 1. The number of nitrogens with two attached hydrogens (primary N) is 1. The molecule has 0 bridgehead atoms. The Labute approximate surface area is 111 Å². The maximum absolute atomic E-state index is 5.82. The van der Waals surface area contributed by atoms with E-state index in [9.17, 15) is 0 Å². The van der Waals surface area contributed by atoms with Gasteiger partial charge in [0.05, 0.1) is 18.8 Å². The molecule has 1 heterocycles. The van der Waals surface area contributed by atoms with E-state index in [-0.39, 0.29) is 0 Å². The standard InChI is InChI=1S/C13H17N5O/c1-3-8-6-11(8)18-13(15-16-17-18)9-4-5-10(14)12(7-9)19-2/h4-5,7-8,11H,3,6,14H2,1-2H3. The van der Waals surface area contributed by atoms with Crippen LogP contribution < -0.4 is 10.5 Å². The molecule has 0 spiro atoms. The number of methoxy groups -OCH3 is 1. The van der Waals surface area contributed by atoms with Gasteiger partial charge < -0.3 is 10.5 Å². The number of benzene rings is 1. The number of rotatable bonds is 4. The SMILES string of the molecule is CCC1CC1n1nnnc1-c1ccc(N)c(OC)c1. The van der Waals surface area contributed by atoms with Gasteiger partial charge in [0.1, 0.15) is 5.75 Å². The van der Waals surface area contributed by atoms with Crippen LogP contribution in [0, 0.1) is 5.92 Å². The summed E-state index contributed by atoms with van der Waals surface area (Å²) in [7, 11) is 1.60. The van der Waals surface area contributed by atoms with Crippen molar-refractivity contribution >= 4 is 5.69 Å². The molecule has 2 N–H and O–H groups in total. The van der Waals surface area contributed by atoms with Gasteiger partial charge in [-0.1, -0.05) is 13.3 Å². The fourth-order valence-corrected chi connectivity index (χ4v) is 2.43. The minimum absolute atomic E-state index is 0.429. The first-order valence-electron chi connectivity index (χ1n) is 6.46. The number of ether oxygens (including phenoxy) is 1. The molecular formula is C13H17N5O. The van der Waals surface area contributed by atoms with Crippen molar-refractivity contribution in [1.29, 1.82) is 0 Å². The zero-order chi connectivity index (χ0) is 13.4. The molecule has 0 aliphatic heterocycles. The molecule has 0 radical (unpaired) electrons. The van der Waals surface area contributed by atoms with Crippen molar-refractivity contribution in [3.8, 4) is 17.1 Å². The van der Waals surface area contributed by atoms with Crippen molar-refractivity contribution in [2.45, 2.75) is 25.8 Å². The molecule has 0 amide bonds. The van der Waals surface area contributed by atoms with Gasteiger partial charge in [-0.15, -0.1) is 5.10 Å². The fraction of sp³-hybridized carbons (Fsp3) is 0.462. The van der Waals surface area contributed by atoms with E-state index >= 15 is 0 Å². The molecule has 1 aromatic carbocycles. The average Bonchev–Trinajstić information content (AvgIpc) is 3.07. The second-order valence-electron chi connectivity index (χ2n) is 4.88. The van der Waals surface area contributed by atoms with Crippen LogP contribution in [-0.2, 0) is 0 Å². The van der Waals surface area contributed by atoms with Crippen molar-refractivity contribution in [3.63, 3.8) is 0 Å². The average molecular weight is 259 g/mol. The summed E-state index contributed by atoms with van der Waals surface area (Å²) in [5.74, 6) is 2.12. The van der Waals surface area contributed by atoms with Crippen molar-refractivity contribution in [2.24, 2.45) is 5.92 Å². The van der Waals surface area contributed by atoms with Gasteiger partial charge in [0.15, 0.2) is 5.82 Å². The monoisotopic (exact) mass is 259 g/mol. The molecule has 2 unspecified atom stereocenters. The van der Waals surface area contributed by atoms with Gasteiger partial charge in [-0.05, 0) is 41.0 Å². The lowest BCUT2D eigenvalue weighted by Gasteiger charge is -2.07. The summed E-state index contributed by atoms with van der Waals surface area (Å²) < 4.78 is 7.15. The number of hydrogen-bond acceptors (Lipinski definition) is 5. The van der Waals surface area contributed by atoms with Crippen LogP contribution in [0.25, 0.3) is 11.4 Å². The highest BCUT2D eigenvalue weighted by Crippen LogP contribution is 2.46. The van der Waals surface area contributed by atoms with Gasteiger partial charge in [0.2, 0.25) is 0 Å². The summed E-state index contributed by atoms with van der Waals surface area (Å²) in [6.07, 6.45) is 2.32. The molecule has 1 aliphatic carbocycles. The summed E-state index contributed by atoms with van der Waals surface area (Å²) in [4.78, 5) is 0. The summed E-state index contributed by atoms with van der Waals surface area (Å²) in [5, 5.41) is 12.0. The third-order valence-corrected chi connectivity index (χ3v) is 3.71. The first kappa shape index (κ1) is 12.0. The maximum Gasteiger partial charge on any atom is 0.182 e. The molecule has 1 saturated carbocycles. The van der Waals surface area contributed by atoms with Crippen LogP contribution in [0.4, 0.5) is 5.69 Å². The van der Waals surface area contributed by atoms with Crippen LogP contribution in [0.15, 0.2) is 18.2 Å². The Morgan fingerprint density at radius 1 is 1.47 bits per heavy atom. The molecule has 2 aromatic rings. The normalized spacial score (nSPS) is 21.4. The Balaban J connectivity index is 1.97. The third-order valence-electron chi connectivity index (χ3n) is 3.71. The Morgan fingerprint density at radius 3 is 3.00 bits per heavy atom. The van der Waals surface area contributed by atoms with E-state index < -0.39 is 0 Å². The highest BCUT2D eigenvalue weighted by atomic mass is 16.5. The van der Waals surface area contributed by atoms with E-state index in [1.165, 1.54) is 0 Å². The van der Waals surface area contributed by atoms with Crippen LogP contribution in [0.5, 0.6) is 5.75 Å². The van der Waals surface area contributed by atoms with Crippen molar-refractivity contribution in [1.82, 2.24) is 20.2 Å². The van der Waals surface area contributed by atoms with E-state index in [0.29, 0.717) is 23.4 Å². The number of nitrogens with zero attached hydrogens (tertiary/aromatic N) is 4. The van der Waals surface area contributed by atoms with Gasteiger partial charge in [-0.25, -0.2) is 4.68 Å². The minimum Gasteiger partial charge on any atom is -0.495 e. The first-order valence-corrected chi connectivity index (χ1v) is 6.46. The Kier molecular flexibility index (Phi) is 2.85. The molecule has 1 aliphatic rings. The van der Waals surface area contributed by atoms with E-state index in [1.54, 1.807) is 7.11 Å². The molecule has 2 atom stereocenters.